The largest absolute Gasteiger partial charge is 0.311 e. The van der Waals surface area contributed by atoms with E-state index < -0.39 is 9.84 Å². The summed E-state index contributed by atoms with van der Waals surface area (Å²) in [7, 11) is -2.78. The molecule has 0 aliphatic carbocycles. The summed E-state index contributed by atoms with van der Waals surface area (Å²) in [6, 6.07) is 1.26. The van der Waals surface area contributed by atoms with Crippen molar-refractivity contribution in [2.24, 2.45) is 5.92 Å². The number of hydrogen-bond acceptors (Lipinski definition) is 4. The first-order valence-corrected chi connectivity index (χ1v) is 9.48. The van der Waals surface area contributed by atoms with Gasteiger partial charge in [0.05, 0.1) is 11.5 Å². The average molecular weight is 288 g/mol. The Balaban J connectivity index is 2.06. The average Bonchev–Trinajstić information content (AvgIpc) is 2.77. The van der Waals surface area contributed by atoms with Crippen molar-refractivity contribution in [3.05, 3.63) is 0 Å². The van der Waals surface area contributed by atoms with E-state index in [9.17, 15) is 8.42 Å². The first-order valence-electron chi connectivity index (χ1n) is 7.66. The molecule has 0 aromatic carbocycles. The molecule has 112 valence electrons. The second-order valence-corrected chi connectivity index (χ2v) is 8.44. The Morgan fingerprint density at radius 2 is 2.11 bits per heavy atom. The van der Waals surface area contributed by atoms with Crippen LogP contribution in [-0.2, 0) is 9.84 Å². The number of hydrogen-bond donors (Lipinski definition) is 1. The minimum absolute atomic E-state index is 0.253. The van der Waals surface area contributed by atoms with Crippen molar-refractivity contribution in [1.29, 1.82) is 0 Å². The van der Waals surface area contributed by atoms with Crippen LogP contribution in [0.25, 0.3) is 0 Å². The van der Waals surface area contributed by atoms with Crippen molar-refractivity contribution in [3.63, 3.8) is 0 Å². The van der Waals surface area contributed by atoms with Gasteiger partial charge in [-0.05, 0) is 18.8 Å². The van der Waals surface area contributed by atoms with Crippen LogP contribution in [-0.4, -0.2) is 56.0 Å². The fourth-order valence-corrected chi connectivity index (χ4v) is 5.12. The van der Waals surface area contributed by atoms with Crippen molar-refractivity contribution in [2.45, 2.75) is 58.2 Å². The molecule has 2 aliphatic rings. The lowest BCUT2D eigenvalue weighted by Crippen LogP contribution is -2.61. The zero-order valence-corrected chi connectivity index (χ0v) is 13.2. The number of sulfone groups is 1. The van der Waals surface area contributed by atoms with Gasteiger partial charge < -0.3 is 5.32 Å². The van der Waals surface area contributed by atoms with E-state index in [-0.39, 0.29) is 6.04 Å². The molecule has 2 saturated heterocycles. The van der Waals surface area contributed by atoms with Crippen LogP contribution in [0.2, 0.25) is 0 Å². The Morgan fingerprint density at radius 3 is 2.63 bits per heavy atom. The van der Waals surface area contributed by atoms with E-state index >= 15 is 0 Å². The van der Waals surface area contributed by atoms with Gasteiger partial charge in [-0.3, -0.25) is 4.90 Å². The van der Waals surface area contributed by atoms with E-state index in [0.29, 0.717) is 29.5 Å². The normalized spacial score (nSPS) is 37.3. The monoisotopic (exact) mass is 288 g/mol. The van der Waals surface area contributed by atoms with E-state index in [0.717, 1.165) is 25.9 Å². The summed E-state index contributed by atoms with van der Waals surface area (Å²) in [4.78, 5) is 2.48. The first kappa shape index (κ1) is 15.3. The summed E-state index contributed by atoms with van der Waals surface area (Å²) in [5.41, 5.74) is 0. The molecule has 0 spiro atoms. The number of piperazine rings is 1. The van der Waals surface area contributed by atoms with Gasteiger partial charge in [0.15, 0.2) is 9.84 Å². The van der Waals surface area contributed by atoms with Crippen LogP contribution in [0.4, 0.5) is 0 Å². The highest BCUT2D eigenvalue weighted by Crippen LogP contribution is 2.25. The zero-order valence-electron chi connectivity index (χ0n) is 12.4. The number of rotatable bonds is 4. The molecule has 4 nitrogen and oxygen atoms in total. The maximum atomic E-state index is 11.7. The SMILES string of the molecule is CCC(C)C1CN(C2CCS(=O)(=O)C2)C(CC)CN1. The van der Waals surface area contributed by atoms with E-state index in [4.69, 9.17) is 0 Å². The third kappa shape index (κ3) is 3.50. The molecule has 0 aromatic heterocycles. The van der Waals surface area contributed by atoms with Crippen molar-refractivity contribution in [1.82, 2.24) is 10.2 Å². The first-order chi connectivity index (χ1) is 8.96. The van der Waals surface area contributed by atoms with Crippen molar-refractivity contribution in [3.8, 4) is 0 Å². The van der Waals surface area contributed by atoms with E-state index in [1.54, 1.807) is 0 Å². The fourth-order valence-electron chi connectivity index (χ4n) is 3.37. The van der Waals surface area contributed by atoms with Gasteiger partial charge in [-0.2, -0.15) is 0 Å². The Hall–Kier alpha value is -0.130. The predicted molar refractivity (Wildman–Crippen MR) is 79.1 cm³/mol. The molecule has 1 N–H and O–H groups in total. The van der Waals surface area contributed by atoms with Crippen molar-refractivity contribution in [2.75, 3.05) is 24.6 Å². The van der Waals surface area contributed by atoms with Gasteiger partial charge in [-0.1, -0.05) is 27.2 Å². The molecule has 0 bridgehead atoms. The van der Waals surface area contributed by atoms with Gasteiger partial charge in [-0.15, -0.1) is 0 Å². The lowest BCUT2D eigenvalue weighted by molar-refractivity contribution is 0.0735. The molecule has 2 aliphatic heterocycles. The van der Waals surface area contributed by atoms with Crippen LogP contribution in [0.5, 0.6) is 0 Å². The lowest BCUT2D eigenvalue weighted by atomic mass is 9.93. The summed E-state index contributed by atoms with van der Waals surface area (Å²) in [5, 5.41) is 3.65. The van der Waals surface area contributed by atoms with Crippen LogP contribution in [0.15, 0.2) is 0 Å². The van der Waals surface area contributed by atoms with Gasteiger partial charge in [0.1, 0.15) is 0 Å². The Labute approximate surface area is 117 Å². The maximum Gasteiger partial charge on any atom is 0.151 e. The Morgan fingerprint density at radius 1 is 1.37 bits per heavy atom. The van der Waals surface area contributed by atoms with Gasteiger partial charge in [0.25, 0.3) is 0 Å². The number of nitrogens with zero attached hydrogens (tertiary/aromatic N) is 1. The minimum atomic E-state index is -2.78. The smallest absolute Gasteiger partial charge is 0.151 e. The van der Waals surface area contributed by atoms with Crippen LogP contribution in [0.3, 0.4) is 0 Å². The molecular weight excluding hydrogens is 260 g/mol. The molecule has 2 fully saturated rings. The second-order valence-electron chi connectivity index (χ2n) is 6.22. The highest BCUT2D eigenvalue weighted by atomic mass is 32.2. The predicted octanol–water partition coefficient (Wildman–Crippen LogP) is 1.27. The summed E-state index contributed by atoms with van der Waals surface area (Å²) >= 11 is 0. The highest BCUT2D eigenvalue weighted by Gasteiger charge is 2.38. The number of nitrogens with one attached hydrogen (secondary N) is 1. The topological polar surface area (TPSA) is 49.4 Å². The summed E-state index contributed by atoms with van der Waals surface area (Å²) in [6.07, 6.45) is 3.09. The van der Waals surface area contributed by atoms with Gasteiger partial charge in [0, 0.05) is 31.2 Å². The van der Waals surface area contributed by atoms with Crippen LogP contribution < -0.4 is 5.32 Å². The second kappa shape index (κ2) is 6.10. The summed E-state index contributed by atoms with van der Waals surface area (Å²) in [5.74, 6) is 1.40. The fraction of sp³-hybridized carbons (Fsp3) is 1.00. The maximum absolute atomic E-state index is 11.7. The minimum Gasteiger partial charge on any atom is -0.311 e. The third-order valence-electron chi connectivity index (χ3n) is 4.97. The molecule has 4 atom stereocenters. The highest BCUT2D eigenvalue weighted by molar-refractivity contribution is 7.91. The van der Waals surface area contributed by atoms with Gasteiger partial charge >= 0.3 is 0 Å². The van der Waals surface area contributed by atoms with E-state index in [1.165, 1.54) is 6.42 Å². The molecule has 0 radical (unpaired) electrons. The molecule has 4 unspecified atom stereocenters. The van der Waals surface area contributed by atoms with Crippen LogP contribution in [0, 0.1) is 5.92 Å². The molecule has 2 rings (SSSR count). The van der Waals surface area contributed by atoms with Crippen LogP contribution in [0.1, 0.15) is 40.0 Å². The molecule has 0 amide bonds. The van der Waals surface area contributed by atoms with Gasteiger partial charge in [-0.25, -0.2) is 8.42 Å². The summed E-state index contributed by atoms with van der Waals surface area (Å²) in [6.45, 7) is 8.72. The Kier molecular flexibility index (Phi) is 4.90. The Bertz CT molecular complexity index is 396. The lowest BCUT2D eigenvalue weighted by Gasteiger charge is -2.44. The summed E-state index contributed by atoms with van der Waals surface area (Å²) < 4.78 is 23.4. The molecule has 0 aromatic rings. The zero-order chi connectivity index (χ0) is 14.0. The van der Waals surface area contributed by atoms with Crippen LogP contribution >= 0.6 is 0 Å². The van der Waals surface area contributed by atoms with E-state index in [2.05, 4.69) is 31.0 Å². The van der Waals surface area contributed by atoms with Crippen molar-refractivity contribution >= 4 is 9.84 Å². The van der Waals surface area contributed by atoms with Gasteiger partial charge in [0.2, 0.25) is 0 Å². The van der Waals surface area contributed by atoms with Crippen molar-refractivity contribution < 1.29 is 8.42 Å². The molecule has 19 heavy (non-hydrogen) atoms. The van der Waals surface area contributed by atoms with E-state index in [1.807, 2.05) is 0 Å². The molecule has 0 saturated carbocycles. The standard InChI is InChI=1S/C14H28N2O2S/c1-4-11(3)14-9-16(12(5-2)8-15-14)13-6-7-19(17,18)10-13/h11-15H,4-10H2,1-3H3. The molecule has 2 heterocycles. The molecule has 5 heteroatoms. The molecular formula is C14H28N2O2S. The third-order valence-corrected chi connectivity index (χ3v) is 6.72. The quantitative estimate of drug-likeness (QED) is 0.846.